The van der Waals surface area contributed by atoms with Crippen molar-refractivity contribution in [2.24, 2.45) is 28.0 Å². The summed E-state index contributed by atoms with van der Waals surface area (Å²) in [5, 5.41) is 3.29. The van der Waals surface area contributed by atoms with E-state index in [4.69, 9.17) is 5.73 Å². The summed E-state index contributed by atoms with van der Waals surface area (Å²) in [6, 6.07) is 0. The molecule has 3 aliphatic rings. The van der Waals surface area contributed by atoms with E-state index >= 15 is 0 Å². The van der Waals surface area contributed by atoms with Crippen molar-refractivity contribution in [3.05, 3.63) is 0 Å². The third kappa shape index (κ3) is 3.11. The summed E-state index contributed by atoms with van der Waals surface area (Å²) < 4.78 is 0. The molecular weight excluding hydrogens is 337 g/mol. The van der Waals surface area contributed by atoms with E-state index in [0.717, 1.165) is 24.9 Å². The van der Waals surface area contributed by atoms with Crippen molar-refractivity contribution in [1.82, 2.24) is 5.32 Å². The normalized spacial score (nSPS) is 35.1. The predicted molar refractivity (Wildman–Crippen MR) is 86.3 cm³/mol. The number of nitrogens with two attached hydrogens (primary N) is 1. The smallest absolute Gasteiger partial charge is 0.188 e. The van der Waals surface area contributed by atoms with Crippen LogP contribution in [-0.4, -0.2) is 19.0 Å². The van der Waals surface area contributed by atoms with Crippen molar-refractivity contribution in [3.63, 3.8) is 0 Å². The molecule has 3 rings (SSSR count). The van der Waals surface area contributed by atoms with Gasteiger partial charge in [-0.05, 0) is 62.2 Å². The Morgan fingerprint density at radius 2 is 1.94 bits per heavy atom. The van der Waals surface area contributed by atoms with Crippen LogP contribution in [0.5, 0.6) is 0 Å². The van der Waals surface area contributed by atoms with Crippen LogP contribution in [0.1, 0.15) is 51.4 Å². The SMILES string of the molecule is I.NC(=NCC12CCC(CC1)C2)NCC1CCC1. The van der Waals surface area contributed by atoms with Crippen molar-refractivity contribution in [2.75, 3.05) is 13.1 Å². The molecule has 104 valence electrons. The van der Waals surface area contributed by atoms with Gasteiger partial charge in [-0.25, -0.2) is 0 Å². The molecule has 0 amide bonds. The van der Waals surface area contributed by atoms with Gasteiger partial charge in [0, 0.05) is 13.1 Å². The topological polar surface area (TPSA) is 50.4 Å². The molecule has 0 aromatic heterocycles. The van der Waals surface area contributed by atoms with E-state index in [9.17, 15) is 0 Å². The molecule has 3 nitrogen and oxygen atoms in total. The van der Waals surface area contributed by atoms with Gasteiger partial charge < -0.3 is 11.1 Å². The number of guanidine groups is 1. The van der Waals surface area contributed by atoms with Crippen LogP contribution >= 0.6 is 24.0 Å². The zero-order valence-electron chi connectivity index (χ0n) is 11.2. The van der Waals surface area contributed by atoms with Gasteiger partial charge in [0.05, 0.1) is 0 Å². The lowest BCUT2D eigenvalue weighted by atomic mass is 9.84. The first-order valence-electron chi connectivity index (χ1n) is 7.30. The van der Waals surface area contributed by atoms with E-state index in [1.807, 2.05) is 0 Å². The molecule has 0 atom stereocenters. The molecule has 2 bridgehead atoms. The van der Waals surface area contributed by atoms with Crippen molar-refractivity contribution in [1.29, 1.82) is 0 Å². The first-order valence-corrected chi connectivity index (χ1v) is 7.30. The highest BCUT2D eigenvalue weighted by Crippen LogP contribution is 2.54. The van der Waals surface area contributed by atoms with E-state index < -0.39 is 0 Å². The lowest BCUT2D eigenvalue weighted by molar-refractivity contribution is 0.305. The number of halogens is 1. The number of hydrogen-bond donors (Lipinski definition) is 2. The van der Waals surface area contributed by atoms with Crippen molar-refractivity contribution >= 4 is 29.9 Å². The average Bonchev–Trinajstić information content (AvgIpc) is 2.85. The number of nitrogens with one attached hydrogen (secondary N) is 1. The van der Waals surface area contributed by atoms with E-state index in [2.05, 4.69) is 10.3 Å². The Hall–Kier alpha value is 0. The van der Waals surface area contributed by atoms with Crippen LogP contribution in [0.4, 0.5) is 0 Å². The zero-order chi connectivity index (χ0) is 11.7. The van der Waals surface area contributed by atoms with Gasteiger partial charge in [-0.2, -0.15) is 0 Å². The van der Waals surface area contributed by atoms with Crippen molar-refractivity contribution in [2.45, 2.75) is 51.4 Å². The summed E-state index contributed by atoms with van der Waals surface area (Å²) in [4.78, 5) is 4.59. The summed E-state index contributed by atoms with van der Waals surface area (Å²) in [5.41, 5.74) is 6.48. The third-order valence-corrected chi connectivity index (χ3v) is 5.27. The zero-order valence-corrected chi connectivity index (χ0v) is 13.5. The number of hydrogen-bond acceptors (Lipinski definition) is 1. The largest absolute Gasteiger partial charge is 0.370 e. The second kappa shape index (κ2) is 5.97. The monoisotopic (exact) mass is 363 g/mol. The van der Waals surface area contributed by atoms with Crippen LogP contribution in [-0.2, 0) is 0 Å². The van der Waals surface area contributed by atoms with Gasteiger partial charge >= 0.3 is 0 Å². The first-order chi connectivity index (χ1) is 8.26. The molecule has 0 unspecified atom stereocenters. The maximum Gasteiger partial charge on any atom is 0.188 e. The minimum absolute atomic E-state index is 0. The number of aliphatic imine (C=N–C) groups is 1. The highest BCUT2D eigenvalue weighted by Gasteiger charge is 2.44. The molecule has 0 saturated heterocycles. The fraction of sp³-hybridized carbons (Fsp3) is 0.929. The Labute approximate surface area is 127 Å². The van der Waals surface area contributed by atoms with Crippen molar-refractivity contribution in [3.8, 4) is 0 Å². The maximum absolute atomic E-state index is 5.94. The molecule has 0 aliphatic heterocycles. The molecule has 3 aliphatic carbocycles. The molecule has 3 fully saturated rings. The molecule has 3 saturated carbocycles. The number of nitrogens with zero attached hydrogens (tertiary/aromatic N) is 1. The van der Waals surface area contributed by atoms with Gasteiger partial charge in [-0.1, -0.05) is 6.42 Å². The molecule has 0 radical (unpaired) electrons. The highest BCUT2D eigenvalue weighted by molar-refractivity contribution is 14.0. The number of fused-ring (bicyclic) bond motifs is 2. The third-order valence-electron chi connectivity index (χ3n) is 5.27. The maximum atomic E-state index is 5.94. The standard InChI is InChI=1S/C14H25N3.HI/c15-13(16-9-12-2-1-3-12)17-10-14-6-4-11(8-14)5-7-14;/h11-12H,1-10H2,(H3,15,16,17);1H. The Bertz CT molecular complexity index is 304. The lowest BCUT2D eigenvalue weighted by Crippen LogP contribution is -2.38. The first kappa shape index (κ1) is 14.4. The average molecular weight is 363 g/mol. The summed E-state index contributed by atoms with van der Waals surface area (Å²) in [6.07, 6.45) is 11.2. The van der Waals surface area contributed by atoms with Gasteiger partial charge in [0.2, 0.25) is 0 Å². The summed E-state index contributed by atoms with van der Waals surface area (Å²) in [6.45, 7) is 2.00. The molecule has 0 spiro atoms. The van der Waals surface area contributed by atoms with E-state index in [0.29, 0.717) is 11.4 Å². The molecule has 0 heterocycles. The van der Waals surface area contributed by atoms with Crippen LogP contribution in [0, 0.1) is 17.3 Å². The fourth-order valence-electron chi connectivity index (χ4n) is 3.79. The van der Waals surface area contributed by atoms with Gasteiger partial charge in [0.1, 0.15) is 0 Å². The quantitative estimate of drug-likeness (QED) is 0.459. The van der Waals surface area contributed by atoms with Crippen LogP contribution in [0.3, 0.4) is 0 Å². The van der Waals surface area contributed by atoms with Gasteiger partial charge in [-0.3, -0.25) is 4.99 Å². The van der Waals surface area contributed by atoms with Crippen LogP contribution in [0.25, 0.3) is 0 Å². The second-order valence-corrected chi connectivity index (χ2v) is 6.53. The Morgan fingerprint density at radius 3 is 2.44 bits per heavy atom. The Balaban J connectivity index is 0.00000120. The number of rotatable bonds is 4. The second-order valence-electron chi connectivity index (χ2n) is 6.53. The van der Waals surface area contributed by atoms with E-state index in [1.165, 1.54) is 51.4 Å². The van der Waals surface area contributed by atoms with Gasteiger partial charge in [0.25, 0.3) is 0 Å². The molecule has 4 heteroatoms. The molecule has 0 aromatic carbocycles. The molecule has 0 aromatic rings. The minimum atomic E-state index is 0. The van der Waals surface area contributed by atoms with Gasteiger partial charge in [-0.15, -0.1) is 24.0 Å². The summed E-state index contributed by atoms with van der Waals surface area (Å²) >= 11 is 0. The van der Waals surface area contributed by atoms with Crippen LogP contribution < -0.4 is 11.1 Å². The molecule has 18 heavy (non-hydrogen) atoms. The summed E-state index contributed by atoms with van der Waals surface area (Å²) in [7, 11) is 0. The van der Waals surface area contributed by atoms with Crippen molar-refractivity contribution < 1.29 is 0 Å². The molecule has 3 N–H and O–H groups in total. The van der Waals surface area contributed by atoms with E-state index in [1.54, 1.807) is 0 Å². The molecular formula is C14H26IN3. The minimum Gasteiger partial charge on any atom is -0.370 e. The Kier molecular flexibility index (Phi) is 4.78. The summed E-state index contributed by atoms with van der Waals surface area (Å²) in [5.74, 6) is 2.54. The highest BCUT2D eigenvalue weighted by atomic mass is 127. The predicted octanol–water partition coefficient (Wildman–Crippen LogP) is 2.89. The van der Waals surface area contributed by atoms with E-state index in [-0.39, 0.29) is 24.0 Å². The van der Waals surface area contributed by atoms with Gasteiger partial charge in [0.15, 0.2) is 5.96 Å². The van der Waals surface area contributed by atoms with Crippen LogP contribution in [0.15, 0.2) is 4.99 Å². The fourth-order valence-corrected chi connectivity index (χ4v) is 3.79. The lowest BCUT2D eigenvalue weighted by Gasteiger charge is -2.26. The Morgan fingerprint density at radius 1 is 1.22 bits per heavy atom. The van der Waals surface area contributed by atoms with Crippen LogP contribution in [0.2, 0.25) is 0 Å².